The molecule has 17 heavy (non-hydrogen) atoms. The molecule has 0 aromatic heterocycles. The SMILES string of the molecule is CCc1c(C[C@H](N)C(=O)O)cc(C)c(O)c1O. The van der Waals surface area contributed by atoms with E-state index in [2.05, 4.69) is 0 Å². The Bertz CT molecular complexity index is 443. The second-order valence-electron chi connectivity index (χ2n) is 4.03. The van der Waals surface area contributed by atoms with Gasteiger partial charge in [-0.1, -0.05) is 13.0 Å². The highest BCUT2D eigenvalue weighted by Crippen LogP contribution is 2.35. The number of hydrogen-bond donors (Lipinski definition) is 4. The molecule has 0 radical (unpaired) electrons. The number of phenols is 2. The topological polar surface area (TPSA) is 104 Å². The van der Waals surface area contributed by atoms with E-state index in [1.807, 2.05) is 6.92 Å². The number of carboxylic acids is 1. The van der Waals surface area contributed by atoms with Gasteiger partial charge in [-0.2, -0.15) is 0 Å². The van der Waals surface area contributed by atoms with E-state index in [1.165, 1.54) is 0 Å². The van der Waals surface area contributed by atoms with Gasteiger partial charge in [-0.25, -0.2) is 0 Å². The standard InChI is InChI=1S/C12H17NO4/c1-3-8-7(5-9(13)12(16)17)4-6(2)10(14)11(8)15/h4,9,14-15H,3,5,13H2,1-2H3,(H,16,17)/t9-/m0/s1. The third kappa shape index (κ3) is 2.68. The molecule has 1 rings (SSSR count). The summed E-state index contributed by atoms with van der Waals surface area (Å²) in [5, 5.41) is 28.1. The van der Waals surface area contributed by atoms with Gasteiger partial charge in [0.1, 0.15) is 6.04 Å². The maximum atomic E-state index is 10.7. The Balaban J connectivity index is 3.19. The average Bonchev–Trinajstić information content (AvgIpc) is 2.26. The number of phenolic OH excluding ortho intramolecular Hbond substituents is 2. The molecule has 0 spiro atoms. The van der Waals surface area contributed by atoms with Crippen LogP contribution < -0.4 is 5.73 Å². The van der Waals surface area contributed by atoms with E-state index in [4.69, 9.17) is 10.8 Å². The molecular formula is C12H17NO4. The lowest BCUT2D eigenvalue weighted by Gasteiger charge is -2.15. The van der Waals surface area contributed by atoms with Crippen molar-refractivity contribution < 1.29 is 20.1 Å². The zero-order valence-corrected chi connectivity index (χ0v) is 9.90. The molecule has 5 N–H and O–H groups in total. The molecule has 0 unspecified atom stereocenters. The largest absolute Gasteiger partial charge is 0.504 e. The summed E-state index contributed by atoms with van der Waals surface area (Å²) in [7, 11) is 0. The first-order valence-electron chi connectivity index (χ1n) is 5.40. The van der Waals surface area contributed by atoms with Crippen LogP contribution in [0.25, 0.3) is 0 Å². The van der Waals surface area contributed by atoms with Gasteiger partial charge in [-0.15, -0.1) is 0 Å². The second kappa shape index (κ2) is 5.05. The van der Waals surface area contributed by atoms with E-state index in [9.17, 15) is 15.0 Å². The average molecular weight is 239 g/mol. The van der Waals surface area contributed by atoms with Gasteiger partial charge in [0.2, 0.25) is 0 Å². The van der Waals surface area contributed by atoms with Crippen molar-refractivity contribution in [3.63, 3.8) is 0 Å². The van der Waals surface area contributed by atoms with Crippen LogP contribution in [-0.4, -0.2) is 27.3 Å². The van der Waals surface area contributed by atoms with Crippen LogP contribution in [0.5, 0.6) is 11.5 Å². The van der Waals surface area contributed by atoms with Crippen molar-refractivity contribution in [3.05, 3.63) is 22.8 Å². The van der Waals surface area contributed by atoms with Crippen LogP contribution in [0.4, 0.5) is 0 Å². The van der Waals surface area contributed by atoms with Crippen molar-refractivity contribution in [1.82, 2.24) is 0 Å². The number of aliphatic carboxylic acids is 1. The zero-order valence-electron chi connectivity index (χ0n) is 9.90. The predicted molar refractivity (Wildman–Crippen MR) is 63.2 cm³/mol. The van der Waals surface area contributed by atoms with Crippen LogP contribution in [0, 0.1) is 6.92 Å². The fraction of sp³-hybridized carbons (Fsp3) is 0.417. The lowest BCUT2D eigenvalue weighted by atomic mass is 9.95. The first-order valence-corrected chi connectivity index (χ1v) is 5.40. The Hall–Kier alpha value is -1.75. The molecule has 1 aromatic carbocycles. The summed E-state index contributed by atoms with van der Waals surface area (Å²) in [6.45, 7) is 3.46. The molecule has 5 nitrogen and oxygen atoms in total. The fourth-order valence-corrected chi connectivity index (χ4v) is 1.80. The molecule has 0 heterocycles. The van der Waals surface area contributed by atoms with Crippen molar-refractivity contribution in [2.45, 2.75) is 32.7 Å². The summed E-state index contributed by atoms with van der Waals surface area (Å²) >= 11 is 0. The molecular weight excluding hydrogens is 222 g/mol. The number of rotatable bonds is 4. The third-order valence-corrected chi connectivity index (χ3v) is 2.77. The Morgan fingerprint density at radius 1 is 1.41 bits per heavy atom. The molecule has 1 aromatic rings. The molecule has 0 aliphatic carbocycles. The third-order valence-electron chi connectivity index (χ3n) is 2.77. The lowest BCUT2D eigenvalue weighted by molar-refractivity contribution is -0.138. The highest BCUT2D eigenvalue weighted by atomic mass is 16.4. The molecule has 5 heteroatoms. The van der Waals surface area contributed by atoms with Gasteiger partial charge in [0, 0.05) is 5.56 Å². The highest BCUT2D eigenvalue weighted by Gasteiger charge is 2.18. The molecule has 0 amide bonds. The fourth-order valence-electron chi connectivity index (χ4n) is 1.80. The molecule has 0 saturated heterocycles. The van der Waals surface area contributed by atoms with Gasteiger partial charge in [0.05, 0.1) is 0 Å². The number of nitrogens with two attached hydrogens (primary N) is 1. The van der Waals surface area contributed by atoms with Crippen LogP contribution in [0.2, 0.25) is 0 Å². The quantitative estimate of drug-likeness (QED) is 0.585. The molecule has 0 aliphatic rings. The molecule has 0 aliphatic heterocycles. The molecule has 0 bridgehead atoms. The number of aryl methyl sites for hydroxylation is 1. The maximum Gasteiger partial charge on any atom is 0.320 e. The minimum atomic E-state index is -1.09. The maximum absolute atomic E-state index is 10.7. The number of carboxylic acid groups (broad SMARTS) is 1. The Morgan fingerprint density at radius 2 is 2.00 bits per heavy atom. The smallest absolute Gasteiger partial charge is 0.320 e. The minimum Gasteiger partial charge on any atom is -0.504 e. The summed E-state index contributed by atoms with van der Waals surface area (Å²) in [5.41, 5.74) is 7.18. The van der Waals surface area contributed by atoms with Crippen molar-refractivity contribution >= 4 is 5.97 Å². The van der Waals surface area contributed by atoms with E-state index in [0.29, 0.717) is 23.1 Å². The van der Waals surface area contributed by atoms with Gasteiger partial charge in [-0.05, 0) is 30.9 Å². The molecule has 0 saturated carbocycles. The second-order valence-corrected chi connectivity index (χ2v) is 4.03. The van der Waals surface area contributed by atoms with Crippen LogP contribution >= 0.6 is 0 Å². The number of aromatic hydroxyl groups is 2. The number of benzene rings is 1. The van der Waals surface area contributed by atoms with E-state index in [0.717, 1.165) is 0 Å². The summed E-state index contributed by atoms with van der Waals surface area (Å²) in [4.78, 5) is 10.7. The first kappa shape index (κ1) is 13.3. The normalized spacial score (nSPS) is 12.4. The van der Waals surface area contributed by atoms with Crippen molar-refractivity contribution in [1.29, 1.82) is 0 Å². The number of hydrogen-bond acceptors (Lipinski definition) is 4. The van der Waals surface area contributed by atoms with E-state index < -0.39 is 12.0 Å². The van der Waals surface area contributed by atoms with Gasteiger partial charge in [-0.3, -0.25) is 4.79 Å². The van der Waals surface area contributed by atoms with Crippen molar-refractivity contribution in [2.24, 2.45) is 5.73 Å². The Labute approximate surface area is 99.5 Å². The lowest BCUT2D eigenvalue weighted by Crippen LogP contribution is -2.32. The van der Waals surface area contributed by atoms with Crippen molar-refractivity contribution in [2.75, 3.05) is 0 Å². The molecule has 1 atom stereocenters. The van der Waals surface area contributed by atoms with E-state index in [-0.39, 0.29) is 17.9 Å². The van der Waals surface area contributed by atoms with Gasteiger partial charge in [0.15, 0.2) is 11.5 Å². The molecule has 94 valence electrons. The number of carbonyl (C=O) groups is 1. The van der Waals surface area contributed by atoms with E-state index >= 15 is 0 Å². The van der Waals surface area contributed by atoms with Crippen LogP contribution in [0.15, 0.2) is 6.07 Å². The van der Waals surface area contributed by atoms with E-state index in [1.54, 1.807) is 13.0 Å². The molecule has 0 fully saturated rings. The summed E-state index contributed by atoms with van der Waals surface area (Å²) < 4.78 is 0. The van der Waals surface area contributed by atoms with Crippen molar-refractivity contribution in [3.8, 4) is 11.5 Å². The monoisotopic (exact) mass is 239 g/mol. The zero-order chi connectivity index (χ0) is 13.2. The van der Waals surface area contributed by atoms with Gasteiger partial charge >= 0.3 is 5.97 Å². The summed E-state index contributed by atoms with van der Waals surface area (Å²) in [6, 6.07) is 0.653. The van der Waals surface area contributed by atoms with Gasteiger partial charge < -0.3 is 21.1 Å². The summed E-state index contributed by atoms with van der Waals surface area (Å²) in [6.07, 6.45) is 0.633. The minimum absolute atomic E-state index is 0.132. The Kier molecular flexibility index (Phi) is 3.96. The van der Waals surface area contributed by atoms with Gasteiger partial charge in [0.25, 0.3) is 0 Å². The van der Waals surface area contributed by atoms with Crippen LogP contribution in [0.3, 0.4) is 0 Å². The first-order chi connectivity index (χ1) is 7.88. The highest BCUT2D eigenvalue weighted by molar-refractivity contribution is 5.73. The van der Waals surface area contributed by atoms with Crippen LogP contribution in [-0.2, 0) is 17.6 Å². The Morgan fingerprint density at radius 3 is 2.47 bits per heavy atom. The van der Waals surface area contributed by atoms with Crippen LogP contribution in [0.1, 0.15) is 23.6 Å². The predicted octanol–water partition coefficient (Wildman–Crippen LogP) is 0.923. The summed E-state index contributed by atoms with van der Waals surface area (Å²) in [5.74, 6) is -1.42.